The molecule has 2 amide bonds. The van der Waals surface area contributed by atoms with E-state index in [0.29, 0.717) is 11.3 Å². The molecule has 116 valence electrons. The van der Waals surface area contributed by atoms with E-state index in [0.717, 1.165) is 30.5 Å². The zero-order chi connectivity index (χ0) is 15.9. The van der Waals surface area contributed by atoms with Crippen molar-refractivity contribution in [1.29, 1.82) is 0 Å². The number of nitrogens with one attached hydrogen (secondary N) is 1. The third kappa shape index (κ3) is 2.49. The van der Waals surface area contributed by atoms with Crippen molar-refractivity contribution in [1.82, 2.24) is 19.9 Å². The Labute approximate surface area is 128 Å². The molecular formula is C16H20N4O2. The van der Waals surface area contributed by atoms with Gasteiger partial charge in [-0.1, -0.05) is 20.3 Å². The van der Waals surface area contributed by atoms with Crippen molar-refractivity contribution in [2.24, 2.45) is 5.92 Å². The highest BCUT2D eigenvalue weighted by Gasteiger charge is 2.27. The van der Waals surface area contributed by atoms with Crippen LogP contribution in [-0.4, -0.2) is 26.4 Å². The normalized spacial score (nSPS) is 15.1. The maximum Gasteiger partial charge on any atom is 0.278 e. The average molecular weight is 300 g/mol. The van der Waals surface area contributed by atoms with E-state index < -0.39 is 5.91 Å². The number of aryl methyl sites for hydroxylation is 1. The number of rotatable bonds is 3. The number of aromatic nitrogens is 3. The second kappa shape index (κ2) is 5.51. The number of amides is 2. The molecule has 3 rings (SSSR count). The van der Waals surface area contributed by atoms with Crippen molar-refractivity contribution in [3.05, 3.63) is 29.2 Å². The molecule has 1 saturated carbocycles. The van der Waals surface area contributed by atoms with E-state index in [2.05, 4.69) is 15.4 Å². The van der Waals surface area contributed by atoms with Crippen molar-refractivity contribution < 1.29 is 9.59 Å². The fourth-order valence-corrected chi connectivity index (χ4v) is 2.53. The van der Waals surface area contributed by atoms with Gasteiger partial charge in [-0.05, 0) is 37.3 Å². The highest BCUT2D eigenvalue weighted by atomic mass is 16.2. The van der Waals surface area contributed by atoms with E-state index in [4.69, 9.17) is 0 Å². The Morgan fingerprint density at radius 3 is 2.68 bits per heavy atom. The van der Waals surface area contributed by atoms with Crippen LogP contribution in [0, 0.1) is 12.8 Å². The maximum atomic E-state index is 12.3. The van der Waals surface area contributed by atoms with E-state index in [9.17, 15) is 9.59 Å². The molecule has 0 radical (unpaired) electrons. The fourth-order valence-electron chi connectivity index (χ4n) is 2.53. The van der Waals surface area contributed by atoms with E-state index in [1.807, 2.05) is 26.8 Å². The minimum Gasteiger partial charge on any atom is -0.291 e. The monoisotopic (exact) mass is 300 g/mol. The van der Waals surface area contributed by atoms with Crippen LogP contribution >= 0.6 is 0 Å². The lowest BCUT2D eigenvalue weighted by Gasteiger charge is -2.23. The molecule has 1 aliphatic carbocycles. The van der Waals surface area contributed by atoms with Gasteiger partial charge in [-0.25, -0.2) is 9.50 Å². The van der Waals surface area contributed by atoms with Crippen molar-refractivity contribution in [3.63, 3.8) is 0 Å². The zero-order valence-electron chi connectivity index (χ0n) is 13.1. The van der Waals surface area contributed by atoms with Crippen molar-refractivity contribution in [3.8, 4) is 0 Å². The van der Waals surface area contributed by atoms with Gasteiger partial charge in [0.25, 0.3) is 5.91 Å². The van der Waals surface area contributed by atoms with Crippen molar-refractivity contribution in [2.75, 3.05) is 0 Å². The summed E-state index contributed by atoms with van der Waals surface area (Å²) in [6.07, 6.45) is 4.26. The standard InChI is InChI=1S/C16H20N4O2/c1-9(2)12-7-10(3)14-17-8-13(20(14)19-12)16(22)18-15(21)11-5-4-6-11/h7-9,11H,4-6H2,1-3H3,(H,18,21,22). The Kier molecular flexibility index (Phi) is 3.68. The molecule has 0 aromatic carbocycles. The zero-order valence-corrected chi connectivity index (χ0v) is 13.1. The highest BCUT2D eigenvalue weighted by Crippen LogP contribution is 2.26. The van der Waals surface area contributed by atoms with Crippen molar-refractivity contribution in [2.45, 2.75) is 46.0 Å². The number of imidazole rings is 1. The molecule has 6 nitrogen and oxygen atoms in total. The summed E-state index contributed by atoms with van der Waals surface area (Å²) >= 11 is 0. The minimum atomic E-state index is -0.433. The maximum absolute atomic E-state index is 12.3. The van der Waals surface area contributed by atoms with Crippen LogP contribution in [0.15, 0.2) is 12.3 Å². The first kappa shape index (κ1) is 14.7. The Hall–Kier alpha value is -2.24. The van der Waals surface area contributed by atoms with Crippen LogP contribution < -0.4 is 5.32 Å². The summed E-state index contributed by atoms with van der Waals surface area (Å²) in [4.78, 5) is 28.5. The van der Waals surface area contributed by atoms with Gasteiger partial charge in [0.1, 0.15) is 0 Å². The summed E-state index contributed by atoms with van der Waals surface area (Å²) in [7, 11) is 0. The molecule has 22 heavy (non-hydrogen) atoms. The largest absolute Gasteiger partial charge is 0.291 e. The number of nitrogens with zero attached hydrogens (tertiary/aromatic N) is 3. The topological polar surface area (TPSA) is 76.4 Å². The lowest BCUT2D eigenvalue weighted by molar-refractivity contribution is -0.126. The Balaban J connectivity index is 1.92. The number of imide groups is 1. The summed E-state index contributed by atoms with van der Waals surface area (Å²) in [6.45, 7) is 6.03. The third-order valence-corrected chi connectivity index (χ3v) is 4.21. The lowest BCUT2D eigenvalue weighted by atomic mass is 9.85. The molecule has 2 aromatic heterocycles. The quantitative estimate of drug-likeness (QED) is 0.882. The van der Waals surface area contributed by atoms with Crippen molar-refractivity contribution >= 4 is 17.5 Å². The Bertz CT molecular complexity index is 744. The summed E-state index contributed by atoms with van der Waals surface area (Å²) < 4.78 is 1.54. The molecule has 1 aliphatic rings. The predicted octanol–water partition coefficient (Wildman–Crippen LogP) is 2.22. The molecule has 2 heterocycles. The minimum absolute atomic E-state index is 0.0240. The number of carbonyl (C=O) groups is 2. The molecule has 0 atom stereocenters. The van der Waals surface area contributed by atoms with Gasteiger partial charge in [-0.3, -0.25) is 14.9 Å². The Morgan fingerprint density at radius 2 is 2.09 bits per heavy atom. The smallest absolute Gasteiger partial charge is 0.278 e. The molecule has 6 heteroatoms. The molecule has 0 unspecified atom stereocenters. The van der Waals surface area contributed by atoms with Crippen LogP contribution in [0.4, 0.5) is 0 Å². The second-order valence-corrected chi connectivity index (χ2v) is 6.23. The van der Waals surface area contributed by atoms with Gasteiger partial charge in [0.15, 0.2) is 11.3 Å². The molecule has 0 aliphatic heterocycles. The van der Waals surface area contributed by atoms with Crippen LogP contribution in [-0.2, 0) is 4.79 Å². The van der Waals surface area contributed by atoms with Crippen LogP contribution in [0.5, 0.6) is 0 Å². The van der Waals surface area contributed by atoms with Gasteiger partial charge in [0.05, 0.1) is 11.9 Å². The number of fused-ring (bicyclic) bond motifs is 1. The van der Waals surface area contributed by atoms with Gasteiger partial charge in [0, 0.05) is 5.92 Å². The highest BCUT2D eigenvalue weighted by molar-refractivity contribution is 6.04. The predicted molar refractivity (Wildman–Crippen MR) is 81.6 cm³/mol. The lowest BCUT2D eigenvalue weighted by Crippen LogP contribution is -2.38. The molecule has 2 aromatic rings. The second-order valence-electron chi connectivity index (χ2n) is 6.23. The van der Waals surface area contributed by atoms with E-state index in [-0.39, 0.29) is 17.7 Å². The number of hydrogen-bond donors (Lipinski definition) is 1. The molecule has 0 spiro atoms. The Morgan fingerprint density at radius 1 is 1.36 bits per heavy atom. The third-order valence-electron chi connectivity index (χ3n) is 4.21. The summed E-state index contributed by atoms with van der Waals surface area (Å²) in [5.41, 5.74) is 2.80. The number of carbonyl (C=O) groups excluding carboxylic acids is 2. The first-order valence-corrected chi connectivity index (χ1v) is 7.68. The molecule has 0 bridgehead atoms. The van der Waals surface area contributed by atoms with Crippen LogP contribution in [0.1, 0.15) is 60.8 Å². The van der Waals surface area contributed by atoms with Crippen LogP contribution in [0.3, 0.4) is 0 Å². The summed E-state index contributed by atoms with van der Waals surface area (Å²) in [6, 6.07) is 1.98. The molecule has 1 N–H and O–H groups in total. The van der Waals surface area contributed by atoms with E-state index in [1.165, 1.54) is 10.7 Å². The average Bonchev–Trinajstić information content (AvgIpc) is 2.80. The van der Waals surface area contributed by atoms with Gasteiger partial charge in [-0.15, -0.1) is 0 Å². The molecular weight excluding hydrogens is 280 g/mol. The van der Waals surface area contributed by atoms with E-state index >= 15 is 0 Å². The fraction of sp³-hybridized carbons (Fsp3) is 0.500. The van der Waals surface area contributed by atoms with Crippen LogP contribution in [0.2, 0.25) is 0 Å². The van der Waals surface area contributed by atoms with Crippen LogP contribution in [0.25, 0.3) is 5.65 Å². The SMILES string of the molecule is Cc1cc(C(C)C)nn2c(C(=O)NC(=O)C3CCC3)cnc12. The van der Waals surface area contributed by atoms with E-state index in [1.54, 1.807) is 0 Å². The van der Waals surface area contributed by atoms with Gasteiger partial charge in [0.2, 0.25) is 5.91 Å². The molecule has 1 fully saturated rings. The first-order chi connectivity index (χ1) is 10.5. The first-order valence-electron chi connectivity index (χ1n) is 7.68. The van der Waals surface area contributed by atoms with Gasteiger partial charge < -0.3 is 0 Å². The molecule has 0 saturated heterocycles. The number of hydrogen-bond acceptors (Lipinski definition) is 4. The van der Waals surface area contributed by atoms with Gasteiger partial charge in [-0.2, -0.15) is 5.10 Å². The summed E-state index contributed by atoms with van der Waals surface area (Å²) in [5, 5.41) is 6.95. The summed E-state index contributed by atoms with van der Waals surface area (Å²) in [5.74, 6) is -0.401. The van der Waals surface area contributed by atoms with Gasteiger partial charge >= 0.3 is 0 Å².